The molecule has 3 nitrogen and oxygen atoms in total. The molecule has 2 atom stereocenters. The van der Waals surface area contributed by atoms with Crippen LogP contribution in [-0.2, 0) is 4.79 Å². The van der Waals surface area contributed by atoms with Gasteiger partial charge in [-0.05, 0) is 31.1 Å². The minimum absolute atomic E-state index is 0.216. The molecule has 3 N–H and O–H groups in total. The van der Waals surface area contributed by atoms with Crippen molar-refractivity contribution in [1.82, 2.24) is 0 Å². The minimum atomic E-state index is -0.715. The van der Waals surface area contributed by atoms with Crippen LogP contribution in [0.25, 0.3) is 0 Å². The van der Waals surface area contributed by atoms with Crippen LogP contribution in [0.4, 0.5) is 0 Å². The van der Waals surface area contributed by atoms with Gasteiger partial charge < -0.3 is 10.8 Å². The van der Waals surface area contributed by atoms with Gasteiger partial charge in [0.2, 0.25) is 0 Å². The molecule has 0 aromatic carbocycles. The second-order valence-electron chi connectivity index (χ2n) is 4.29. The molecule has 0 bridgehead atoms. The third-order valence-electron chi connectivity index (χ3n) is 2.95. The second-order valence-corrected chi connectivity index (χ2v) is 4.29. The van der Waals surface area contributed by atoms with Crippen molar-refractivity contribution in [3.63, 3.8) is 0 Å². The van der Waals surface area contributed by atoms with Gasteiger partial charge in [-0.1, -0.05) is 13.3 Å². The zero-order valence-electron chi connectivity index (χ0n) is 8.20. The van der Waals surface area contributed by atoms with Gasteiger partial charge in [0.15, 0.2) is 0 Å². The predicted molar refractivity (Wildman–Crippen MR) is 51.4 cm³/mol. The Labute approximate surface area is 79.3 Å². The molecule has 1 fully saturated rings. The molecule has 0 amide bonds. The van der Waals surface area contributed by atoms with Crippen molar-refractivity contribution in [1.29, 1.82) is 0 Å². The Morgan fingerprint density at radius 1 is 1.62 bits per heavy atom. The summed E-state index contributed by atoms with van der Waals surface area (Å²) in [6.45, 7) is 1.96. The van der Waals surface area contributed by atoms with Crippen LogP contribution in [0.2, 0.25) is 0 Å². The van der Waals surface area contributed by atoms with Crippen molar-refractivity contribution < 1.29 is 9.90 Å². The van der Waals surface area contributed by atoms with Crippen molar-refractivity contribution in [3.05, 3.63) is 0 Å². The molecule has 1 aliphatic carbocycles. The van der Waals surface area contributed by atoms with Gasteiger partial charge in [-0.2, -0.15) is 0 Å². The fourth-order valence-corrected chi connectivity index (χ4v) is 1.91. The maximum atomic E-state index is 10.4. The van der Waals surface area contributed by atoms with E-state index in [-0.39, 0.29) is 18.4 Å². The number of carboxylic acid groups (broad SMARTS) is 1. The Hall–Kier alpha value is -0.570. The Morgan fingerprint density at radius 2 is 2.23 bits per heavy atom. The van der Waals surface area contributed by atoms with Crippen molar-refractivity contribution >= 4 is 5.97 Å². The molecule has 0 heterocycles. The van der Waals surface area contributed by atoms with E-state index in [2.05, 4.69) is 0 Å². The summed E-state index contributed by atoms with van der Waals surface area (Å²) in [6, 6.07) is 0.225. The maximum absolute atomic E-state index is 10.4. The highest BCUT2D eigenvalue weighted by molar-refractivity contribution is 5.66. The standard InChI is InChI=1S/C10H19NO2/c1-7(6-10(12)13)5-9(11)8-3-2-4-8/h7-9H,2-6,11H2,1H3,(H,12,13)/t7-,9-/m0/s1. The van der Waals surface area contributed by atoms with Crippen molar-refractivity contribution in [2.75, 3.05) is 0 Å². The van der Waals surface area contributed by atoms with Crippen LogP contribution < -0.4 is 5.73 Å². The van der Waals surface area contributed by atoms with Crippen LogP contribution in [0.5, 0.6) is 0 Å². The molecule has 0 saturated heterocycles. The molecule has 0 aliphatic heterocycles. The summed E-state index contributed by atoms with van der Waals surface area (Å²) in [5.41, 5.74) is 5.96. The predicted octanol–water partition coefficient (Wildman–Crippen LogP) is 1.61. The highest BCUT2D eigenvalue weighted by Crippen LogP contribution is 2.31. The Balaban J connectivity index is 2.18. The summed E-state index contributed by atoms with van der Waals surface area (Å²) in [6.07, 6.45) is 4.88. The summed E-state index contributed by atoms with van der Waals surface area (Å²) in [5.74, 6) is 0.164. The maximum Gasteiger partial charge on any atom is 0.303 e. The fourth-order valence-electron chi connectivity index (χ4n) is 1.91. The summed E-state index contributed by atoms with van der Waals surface area (Å²) in [4.78, 5) is 10.4. The zero-order valence-corrected chi connectivity index (χ0v) is 8.20. The number of carboxylic acids is 1. The number of aliphatic carboxylic acids is 1. The average molecular weight is 185 g/mol. The molecule has 0 aromatic rings. The highest BCUT2D eigenvalue weighted by atomic mass is 16.4. The first kappa shape index (κ1) is 10.5. The smallest absolute Gasteiger partial charge is 0.303 e. The topological polar surface area (TPSA) is 63.3 Å². The van der Waals surface area contributed by atoms with Gasteiger partial charge in [0.1, 0.15) is 0 Å². The van der Waals surface area contributed by atoms with Gasteiger partial charge in [0.25, 0.3) is 0 Å². The number of hydrogen-bond acceptors (Lipinski definition) is 2. The van der Waals surface area contributed by atoms with E-state index in [1.165, 1.54) is 19.3 Å². The normalized spacial score (nSPS) is 22.0. The Morgan fingerprint density at radius 3 is 2.62 bits per heavy atom. The minimum Gasteiger partial charge on any atom is -0.481 e. The van der Waals surface area contributed by atoms with Crippen LogP contribution in [-0.4, -0.2) is 17.1 Å². The number of nitrogens with two attached hydrogens (primary N) is 1. The Kier molecular flexibility index (Phi) is 3.72. The van der Waals surface area contributed by atoms with Gasteiger partial charge in [-0.25, -0.2) is 0 Å². The van der Waals surface area contributed by atoms with Gasteiger partial charge in [-0.3, -0.25) is 4.79 Å². The highest BCUT2D eigenvalue weighted by Gasteiger charge is 2.25. The molecule has 0 unspecified atom stereocenters. The van der Waals surface area contributed by atoms with E-state index in [4.69, 9.17) is 10.8 Å². The molecule has 0 spiro atoms. The molecule has 3 heteroatoms. The third-order valence-corrected chi connectivity index (χ3v) is 2.95. The average Bonchev–Trinajstić information content (AvgIpc) is 1.78. The summed E-state index contributed by atoms with van der Waals surface area (Å²) in [5, 5.41) is 8.57. The molecule has 1 saturated carbocycles. The van der Waals surface area contributed by atoms with Crippen LogP contribution in [0, 0.1) is 11.8 Å². The molecular formula is C10H19NO2. The van der Waals surface area contributed by atoms with Gasteiger partial charge >= 0.3 is 5.97 Å². The summed E-state index contributed by atoms with van der Waals surface area (Å²) < 4.78 is 0. The van der Waals surface area contributed by atoms with E-state index in [1.54, 1.807) is 0 Å². The van der Waals surface area contributed by atoms with Crippen LogP contribution in [0.3, 0.4) is 0 Å². The van der Waals surface area contributed by atoms with E-state index in [0.29, 0.717) is 5.92 Å². The van der Waals surface area contributed by atoms with Gasteiger partial charge in [0, 0.05) is 12.5 Å². The van der Waals surface area contributed by atoms with Crippen LogP contribution >= 0.6 is 0 Å². The van der Waals surface area contributed by atoms with Crippen molar-refractivity contribution in [3.8, 4) is 0 Å². The lowest BCUT2D eigenvalue weighted by Crippen LogP contribution is -2.36. The van der Waals surface area contributed by atoms with E-state index >= 15 is 0 Å². The largest absolute Gasteiger partial charge is 0.481 e. The first-order valence-corrected chi connectivity index (χ1v) is 5.07. The van der Waals surface area contributed by atoms with Crippen LogP contribution in [0.1, 0.15) is 39.0 Å². The van der Waals surface area contributed by atoms with Gasteiger partial charge in [0.05, 0.1) is 0 Å². The SMILES string of the molecule is C[C@H](CC(=O)O)C[C@H](N)C1CCC1. The van der Waals surface area contributed by atoms with E-state index in [0.717, 1.165) is 6.42 Å². The summed E-state index contributed by atoms with van der Waals surface area (Å²) in [7, 11) is 0. The van der Waals surface area contributed by atoms with E-state index in [9.17, 15) is 4.79 Å². The van der Waals surface area contributed by atoms with Crippen molar-refractivity contribution in [2.45, 2.75) is 45.1 Å². The monoisotopic (exact) mass is 185 g/mol. The summed E-state index contributed by atoms with van der Waals surface area (Å²) >= 11 is 0. The van der Waals surface area contributed by atoms with E-state index in [1.807, 2.05) is 6.92 Å². The first-order chi connectivity index (χ1) is 6.09. The molecule has 1 rings (SSSR count). The second kappa shape index (κ2) is 4.61. The zero-order chi connectivity index (χ0) is 9.84. The molecule has 0 radical (unpaired) electrons. The first-order valence-electron chi connectivity index (χ1n) is 5.07. The third kappa shape index (κ3) is 3.35. The molecule has 76 valence electrons. The van der Waals surface area contributed by atoms with Gasteiger partial charge in [-0.15, -0.1) is 0 Å². The lowest BCUT2D eigenvalue weighted by molar-refractivity contribution is -0.138. The molecule has 13 heavy (non-hydrogen) atoms. The quantitative estimate of drug-likeness (QED) is 0.684. The Bertz CT molecular complexity index is 178. The molecular weight excluding hydrogens is 166 g/mol. The van der Waals surface area contributed by atoms with E-state index < -0.39 is 5.97 Å². The number of rotatable bonds is 5. The molecule has 1 aliphatic rings. The lowest BCUT2D eigenvalue weighted by Gasteiger charge is -2.32. The number of carbonyl (C=O) groups is 1. The number of hydrogen-bond donors (Lipinski definition) is 2. The fraction of sp³-hybridized carbons (Fsp3) is 0.900. The van der Waals surface area contributed by atoms with Crippen molar-refractivity contribution in [2.24, 2.45) is 17.6 Å². The lowest BCUT2D eigenvalue weighted by atomic mass is 9.77. The molecule has 0 aromatic heterocycles. The van der Waals surface area contributed by atoms with Crippen LogP contribution in [0.15, 0.2) is 0 Å².